The van der Waals surface area contributed by atoms with Crippen LogP contribution in [0.1, 0.15) is 12.0 Å². The Hall–Kier alpha value is -1.46. The van der Waals surface area contributed by atoms with Crippen molar-refractivity contribution in [2.45, 2.75) is 18.9 Å². The number of halogens is 1. The van der Waals surface area contributed by atoms with Crippen molar-refractivity contribution < 1.29 is 13.9 Å². The van der Waals surface area contributed by atoms with Gasteiger partial charge in [-0.25, -0.2) is 4.39 Å². The van der Waals surface area contributed by atoms with Crippen molar-refractivity contribution in [1.82, 2.24) is 5.32 Å². The van der Waals surface area contributed by atoms with Gasteiger partial charge in [0.05, 0.1) is 19.1 Å². The molecule has 1 unspecified atom stereocenters. The van der Waals surface area contributed by atoms with Gasteiger partial charge in [-0.2, -0.15) is 0 Å². The predicted molar refractivity (Wildman–Crippen MR) is 67.6 cm³/mol. The van der Waals surface area contributed by atoms with Crippen molar-refractivity contribution in [2.75, 3.05) is 20.3 Å². The van der Waals surface area contributed by atoms with Crippen molar-refractivity contribution in [3.8, 4) is 0 Å². The van der Waals surface area contributed by atoms with E-state index in [4.69, 9.17) is 10.5 Å². The summed E-state index contributed by atoms with van der Waals surface area (Å²) in [5, 5.41) is 2.78. The van der Waals surface area contributed by atoms with Crippen LogP contribution in [0.4, 0.5) is 4.39 Å². The zero-order chi connectivity index (χ0) is 13.4. The van der Waals surface area contributed by atoms with Crippen LogP contribution in [0.25, 0.3) is 0 Å². The second-order valence-electron chi connectivity index (χ2n) is 4.07. The number of nitrogens with two attached hydrogens (primary N) is 1. The van der Waals surface area contributed by atoms with Gasteiger partial charge < -0.3 is 15.8 Å². The van der Waals surface area contributed by atoms with Crippen molar-refractivity contribution >= 4 is 5.91 Å². The van der Waals surface area contributed by atoms with E-state index in [2.05, 4.69) is 5.32 Å². The lowest BCUT2D eigenvalue weighted by atomic mass is 10.1. The average Bonchev–Trinajstić information content (AvgIpc) is 2.33. The molecule has 0 aliphatic rings. The van der Waals surface area contributed by atoms with Crippen molar-refractivity contribution in [3.63, 3.8) is 0 Å². The first kappa shape index (κ1) is 14.6. The first-order valence-corrected chi connectivity index (χ1v) is 5.89. The summed E-state index contributed by atoms with van der Waals surface area (Å²) < 4.78 is 18.3. The number of hydrogen-bond acceptors (Lipinski definition) is 3. The maximum absolute atomic E-state index is 13.4. The molecule has 0 fully saturated rings. The zero-order valence-corrected chi connectivity index (χ0v) is 10.5. The van der Waals surface area contributed by atoms with Crippen molar-refractivity contribution in [1.29, 1.82) is 0 Å². The number of hydrogen-bond donors (Lipinski definition) is 2. The van der Waals surface area contributed by atoms with E-state index in [-0.39, 0.29) is 24.2 Å². The van der Waals surface area contributed by atoms with Crippen LogP contribution >= 0.6 is 0 Å². The van der Waals surface area contributed by atoms with E-state index < -0.39 is 0 Å². The summed E-state index contributed by atoms with van der Waals surface area (Å²) in [7, 11) is 1.56. The third-order valence-corrected chi connectivity index (χ3v) is 2.56. The molecular weight excluding hydrogens is 235 g/mol. The monoisotopic (exact) mass is 254 g/mol. The van der Waals surface area contributed by atoms with E-state index in [0.717, 1.165) is 0 Å². The number of carbonyl (C=O) groups is 1. The molecule has 0 aromatic heterocycles. The molecule has 0 radical (unpaired) electrons. The Kier molecular flexibility index (Phi) is 6.32. The topological polar surface area (TPSA) is 64.3 Å². The van der Waals surface area contributed by atoms with E-state index in [1.54, 1.807) is 25.3 Å². The molecule has 0 saturated carbocycles. The van der Waals surface area contributed by atoms with Gasteiger partial charge in [-0.05, 0) is 24.6 Å². The second-order valence-corrected chi connectivity index (χ2v) is 4.07. The summed E-state index contributed by atoms with van der Waals surface area (Å²) in [5.74, 6) is -0.592. The fraction of sp³-hybridized carbons (Fsp3) is 0.462. The number of rotatable bonds is 7. The lowest BCUT2D eigenvalue weighted by Gasteiger charge is -2.17. The van der Waals surface area contributed by atoms with Crippen LogP contribution in [0.2, 0.25) is 0 Å². The molecule has 4 nitrogen and oxygen atoms in total. The van der Waals surface area contributed by atoms with Crippen LogP contribution in [-0.4, -0.2) is 32.2 Å². The highest BCUT2D eigenvalue weighted by Gasteiger charge is 2.13. The normalized spacial score (nSPS) is 12.2. The number of carbonyl (C=O) groups excluding carboxylic acids is 1. The van der Waals surface area contributed by atoms with Gasteiger partial charge in [0.2, 0.25) is 5.91 Å². The summed E-state index contributed by atoms with van der Waals surface area (Å²) in [6.07, 6.45) is 0.661. The van der Waals surface area contributed by atoms with E-state index in [0.29, 0.717) is 25.1 Å². The summed E-state index contributed by atoms with van der Waals surface area (Å²) in [4.78, 5) is 11.8. The summed E-state index contributed by atoms with van der Waals surface area (Å²) in [5.41, 5.74) is 5.83. The number of amides is 1. The molecule has 1 amide bonds. The van der Waals surface area contributed by atoms with Crippen LogP contribution in [0.15, 0.2) is 24.3 Å². The van der Waals surface area contributed by atoms with E-state index in [1.807, 2.05) is 0 Å². The Balaban J connectivity index is 2.52. The molecule has 0 aliphatic carbocycles. The maximum Gasteiger partial charge on any atom is 0.224 e. The third kappa shape index (κ3) is 4.81. The number of nitrogens with one attached hydrogen (secondary N) is 1. The van der Waals surface area contributed by atoms with Crippen LogP contribution in [0, 0.1) is 5.82 Å². The largest absolute Gasteiger partial charge is 0.383 e. The first-order chi connectivity index (χ1) is 8.67. The van der Waals surface area contributed by atoms with Crippen LogP contribution in [0.5, 0.6) is 0 Å². The van der Waals surface area contributed by atoms with Gasteiger partial charge in [-0.1, -0.05) is 18.2 Å². The lowest BCUT2D eigenvalue weighted by Crippen LogP contribution is -2.40. The molecule has 0 heterocycles. The van der Waals surface area contributed by atoms with Crippen molar-refractivity contribution in [2.24, 2.45) is 5.73 Å². The number of ether oxygens (including phenoxy) is 1. The molecular formula is C13H19FN2O2. The summed E-state index contributed by atoms with van der Waals surface area (Å²) >= 11 is 0. The molecule has 100 valence electrons. The Bertz CT molecular complexity index is 379. The minimum absolute atomic E-state index is 0.0253. The molecule has 0 aliphatic heterocycles. The number of methoxy groups -OCH3 is 1. The molecule has 0 saturated heterocycles. The maximum atomic E-state index is 13.4. The highest BCUT2D eigenvalue weighted by atomic mass is 19.1. The highest BCUT2D eigenvalue weighted by molar-refractivity contribution is 5.78. The van der Waals surface area contributed by atoms with E-state index >= 15 is 0 Å². The van der Waals surface area contributed by atoms with Gasteiger partial charge >= 0.3 is 0 Å². The van der Waals surface area contributed by atoms with E-state index in [1.165, 1.54) is 6.07 Å². The molecule has 5 heteroatoms. The molecule has 1 atom stereocenters. The molecule has 1 aromatic rings. The third-order valence-electron chi connectivity index (χ3n) is 2.56. The molecule has 3 N–H and O–H groups in total. The molecule has 0 bridgehead atoms. The zero-order valence-electron chi connectivity index (χ0n) is 10.5. The Morgan fingerprint density at radius 1 is 1.50 bits per heavy atom. The minimum Gasteiger partial charge on any atom is -0.383 e. The van der Waals surface area contributed by atoms with E-state index in [9.17, 15) is 9.18 Å². The quantitative estimate of drug-likeness (QED) is 0.758. The Morgan fingerprint density at radius 3 is 2.83 bits per heavy atom. The van der Waals surface area contributed by atoms with Gasteiger partial charge in [0.15, 0.2) is 0 Å². The SMILES string of the molecule is COCC(CCN)NC(=O)Cc1ccccc1F. The van der Waals surface area contributed by atoms with Crippen LogP contribution in [-0.2, 0) is 16.0 Å². The smallest absolute Gasteiger partial charge is 0.224 e. The summed E-state index contributed by atoms with van der Waals surface area (Å²) in [6, 6.07) is 6.12. The standard InChI is InChI=1S/C13H19FN2O2/c1-18-9-11(6-7-15)16-13(17)8-10-4-2-3-5-12(10)14/h2-5,11H,6-9,15H2,1H3,(H,16,17). The van der Waals surface area contributed by atoms with Gasteiger partial charge in [0.25, 0.3) is 0 Å². The lowest BCUT2D eigenvalue weighted by molar-refractivity contribution is -0.121. The van der Waals surface area contributed by atoms with Gasteiger partial charge in [0.1, 0.15) is 5.82 Å². The van der Waals surface area contributed by atoms with Crippen molar-refractivity contribution in [3.05, 3.63) is 35.6 Å². The molecule has 1 rings (SSSR count). The molecule has 1 aromatic carbocycles. The minimum atomic E-state index is -0.366. The second kappa shape index (κ2) is 7.79. The fourth-order valence-corrected chi connectivity index (χ4v) is 1.69. The summed E-state index contributed by atoms with van der Waals surface area (Å²) in [6.45, 7) is 0.869. The van der Waals surface area contributed by atoms with Gasteiger partial charge in [-0.3, -0.25) is 4.79 Å². The predicted octanol–water partition coefficient (Wildman–Crippen LogP) is 0.848. The first-order valence-electron chi connectivity index (χ1n) is 5.89. The Morgan fingerprint density at radius 2 is 2.22 bits per heavy atom. The van der Waals surface area contributed by atoms with Crippen LogP contribution in [0.3, 0.4) is 0 Å². The van der Waals surface area contributed by atoms with Crippen LogP contribution < -0.4 is 11.1 Å². The average molecular weight is 254 g/mol. The Labute approximate surface area is 106 Å². The van der Waals surface area contributed by atoms with Gasteiger partial charge in [0, 0.05) is 7.11 Å². The molecule has 18 heavy (non-hydrogen) atoms. The van der Waals surface area contributed by atoms with Gasteiger partial charge in [-0.15, -0.1) is 0 Å². The molecule has 0 spiro atoms. The number of benzene rings is 1. The highest BCUT2D eigenvalue weighted by Crippen LogP contribution is 2.07. The fourth-order valence-electron chi connectivity index (χ4n) is 1.69.